The molecule has 0 heterocycles. The molecule has 0 saturated heterocycles. The van der Waals surface area contributed by atoms with Gasteiger partial charge in [0.15, 0.2) is 0 Å². The highest BCUT2D eigenvalue weighted by molar-refractivity contribution is 7.80. The van der Waals surface area contributed by atoms with Crippen LogP contribution in [0.4, 0.5) is 5.69 Å². The Morgan fingerprint density at radius 1 is 1.47 bits per heavy atom. The molecule has 0 aliphatic heterocycles. The highest BCUT2D eigenvalue weighted by Gasteiger charge is 2.22. The van der Waals surface area contributed by atoms with Crippen LogP contribution in [0.25, 0.3) is 0 Å². The first kappa shape index (κ1) is 12.7. The SMILES string of the molecule is CC1CCC(Nc2cccc(Cl)c2C(N)=S)C1. The molecule has 4 heteroatoms. The van der Waals surface area contributed by atoms with Crippen molar-refractivity contribution in [3.63, 3.8) is 0 Å². The Morgan fingerprint density at radius 2 is 2.24 bits per heavy atom. The fraction of sp³-hybridized carbons (Fsp3) is 0.462. The number of nitrogens with one attached hydrogen (secondary N) is 1. The number of benzene rings is 1. The second kappa shape index (κ2) is 5.23. The minimum Gasteiger partial charge on any atom is -0.389 e. The molecule has 2 atom stereocenters. The van der Waals surface area contributed by atoms with Crippen LogP contribution in [0.1, 0.15) is 31.7 Å². The van der Waals surface area contributed by atoms with Crippen LogP contribution in [0.2, 0.25) is 5.02 Å². The molecule has 1 fully saturated rings. The summed E-state index contributed by atoms with van der Waals surface area (Å²) in [5.41, 5.74) is 7.45. The Morgan fingerprint density at radius 3 is 2.82 bits per heavy atom. The van der Waals surface area contributed by atoms with E-state index in [1.54, 1.807) is 0 Å². The van der Waals surface area contributed by atoms with E-state index in [-0.39, 0.29) is 0 Å². The molecule has 1 saturated carbocycles. The van der Waals surface area contributed by atoms with Crippen LogP contribution in [0, 0.1) is 5.92 Å². The number of hydrogen-bond donors (Lipinski definition) is 2. The first-order valence-corrected chi connectivity index (χ1v) is 6.71. The van der Waals surface area contributed by atoms with Crippen LogP contribution in [-0.2, 0) is 0 Å². The lowest BCUT2D eigenvalue weighted by atomic mass is 10.1. The van der Waals surface area contributed by atoms with Crippen molar-refractivity contribution in [2.24, 2.45) is 11.7 Å². The average molecular weight is 269 g/mol. The molecule has 0 radical (unpaired) electrons. The van der Waals surface area contributed by atoms with Gasteiger partial charge in [0, 0.05) is 11.7 Å². The first-order chi connectivity index (χ1) is 8.08. The lowest BCUT2D eigenvalue weighted by Crippen LogP contribution is -2.20. The Balaban J connectivity index is 2.20. The maximum atomic E-state index is 6.13. The highest BCUT2D eigenvalue weighted by atomic mass is 35.5. The van der Waals surface area contributed by atoms with Crippen LogP contribution in [0.15, 0.2) is 18.2 Å². The van der Waals surface area contributed by atoms with Crippen molar-refractivity contribution in [2.75, 3.05) is 5.32 Å². The van der Waals surface area contributed by atoms with E-state index in [0.717, 1.165) is 17.2 Å². The van der Waals surface area contributed by atoms with Gasteiger partial charge in [0.1, 0.15) is 4.99 Å². The summed E-state index contributed by atoms with van der Waals surface area (Å²) < 4.78 is 0. The van der Waals surface area contributed by atoms with Gasteiger partial charge in [0.2, 0.25) is 0 Å². The van der Waals surface area contributed by atoms with Gasteiger partial charge >= 0.3 is 0 Å². The maximum Gasteiger partial charge on any atom is 0.107 e. The molecular formula is C13H17ClN2S. The number of hydrogen-bond acceptors (Lipinski definition) is 2. The predicted molar refractivity (Wildman–Crippen MR) is 77.8 cm³/mol. The second-order valence-corrected chi connectivity index (χ2v) is 5.63. The lowest BCUT2D eigenvalue weighted by molar-refractivity contribution is 0.602. The minimum absolute atomic E-state index is 0.351. The molecule has 1 aromatic rings. The first-order valence-electron chi connectivity index (χ1n) is 5.92. The van der Waals surface area contributed by atoms with E-state index in [0.29, 0.717) is 16.1 Å². The molecule has 0 spiro atoms. The van der Waals surface area contributed by atoms with Crippen LogP contribution < -0.4 is 11.1 Å². The molecular weight excluding hydrogens is 252 g/mol. The van der Waals surface area contributed by atoms with Gasteiger partial charge in [-0.3, -0.25) is 0 Å². The quantitative estimate of drug-likeness (QED) is 0.823. The highest BCUT2D eigenvalue weighted by Crippen LogP contribution is 2.30. The molecule has 0 amide bonds. The van der Waals surface area contributed by atoms with E-state index in [1.165, 1.54) is 19.3 Å². The van der Waals surface area contributed by atoms with Crippen LogP contribution in [0.5, 0.6) is 0 Å². The number of rotatable bonds is 3. The standard InChI is InChI=1S/C13H17ClN2S/c1-8-5-6-9(7-8)16-11-4-2-3-10(14)12(11)13(15)17/h2-4,8-9,16H,5-7H2,1H3,(H2,15,17). The van der Waals surface area contributed by atoms with Gasteiger partial charge in [-0.15, -0.1) is 0 Å². The molecule has 3 N–H and O–H groups in total. The van der Waals surface area contributed by atoms with Crippen LogP contribution in [-0.4, -0.2) is 11.0 Å². The number of thiocarbonyl (C=S) groups is 1. The topological polar surface area (TPSA) is 38.0 Å². The Bertz CT molecular complexity index is 433. The summed E-state index contributed by atoms with van der Waals surface area (Å²) in [6.45, 7) is 2.29. The van der Waals surface area contributed by atoms with Crippen molar-refractivity contribution in [1.82, 2.24) is 0 Å². The molecule has 0 aromatic heterocycles. The van der Waals surface area contributed by atoms with Crippen molar-refractivity contribution in [1.29, 1.82) is 0 Å². The van der Waals surface area contributed by atoms with Gasteiger partial charge in [-0.25, -0.2) is 0 Å². The van der Waals surface area contributed by atoms with Crippen molar-refractivity contribution in [3.05, 3.63) is 28.8 Å². The van der Waals surface area contributed by atoms with E-state index in [9.17, 15) is 0 Å². The van der Waals surface area contributed by atoms with Gasteiger partial charge in [-0.1, -0.05) is 36.8 Å². The fourth-order valence-corrected chi connectivity index (χ4v) is 3.01. The summed E-state index contributed by atoms with van der Waals surface area (Å²) in [6, 6.07) is 6.24. The fourth-order valence-electron chi connectivity index (χ4n) is 2.45. The second-order valence-electron chi connectivity index (χ2n) is 4.79. The molecule has 17 heavy (non-hydrogen) atoms. The average Bonchev–Trinajstić information content (AvgIpc) is 2.63. The molecule has 1 aliphatic rings. The molecule has 1 aliphatic carbocycles. The van der Waals surface area contributed by atoms with E-state index in [4.69, 9.17) is 29.6 Å². The maximum absolute atomic E-state index is 6.13. The van der Waals surface area contributed by atoms with E-state index in [2.05, 4.69) is 12.2 Å². The molecule has 2 nitrogen and oxygen atoms in total. The van der Waals surface area contributed by atoms with E-state index in [1.807, 2.05) is 18.2 Å². The molecule has 2 rings (SSSR count). The summed E-state index contributed by atoms with van der Waals surface area (Å²) >= 11 is 11.2. The van der Waals surface area contributed by atoms with E-state index >= 15 is 0 Å². The third-order valence-corrected chi connectivity index (χ3v) is 3.83. The Labute approximate surface area is 113 Å². The van der Waals surface area contributed by atoms with Gasteiger partial charge in [0.25, 0.3) is 0 Å². The van der Waals surface area contributed by atoms with Crippen molar-refractivity contribution < 1.29 is 0 Å². The smallest absolute Gasteiger partial charge is 0.107 e. The number of nitrogens with two attached hydrogens (primary N) is 1. The summed E-state index contributed by atoms with van der Waals surface area (Å²) in [5, 5.41) is 4.13. The zero-order valence-electron chi connectivity index (χ0n) is 9.87. The zero-order valence-corrected chi connectivity index (χ0v) is 11.4. The van der Waals surface area contributed by atoms with Crippen molar-refractivity contribution in [3.8, 4) is 0 Å². The molecule has 0 bridgehead atoms. The normalized spacial score (nSPS) is 23.6. The summed E-state index contributed by atoms with van der Waals surface area (Å²) in [5.74, 6) is 0.792. The van der Waals surface area contributed by atoms with Crippen molar-refractivity contribution >= 4 is 34.5 Å². The minimum atomic E-state index is 0.351. The van der Waals surface area contributed by atoms with Gasteiger partial charge in [-0.2, -0.15) is 0 Å². The molecule has 92 valence electrons. The summed E-state index contributed by atoms with van der Waals surface area (Å²) in [7, 11) is 0. The predicted octanol–water partition coefficient (Wildman–Crippen LogP) is 3.57. The molecule has 1 aromatic carbocycles. The summed E-state index contributed by atoms with van der Waals surface area (Å²) in [4.78, 5) is 0.351. The number of anilines is 1. The molecule has 2 unspecified atom stereocenters. The van der Waals surface area contributed by atoms with Crippen LogP contribution in [0.3, 0.4) is 0 Å². The lowest BCUT2D eigenvalue weighted by Gasteiger charge is -2.17. The van der Waals surface area contributed by atoms with Crippen LogP contribution >= 0.6 is 23.8 Å². The summed E-state index contributed by atoms with van der Waals surface area (Å²) in [6.07, 6.45) is 3.67. The Hall–Kier alpha value is -0.800. The largest absolute Gasteiger partial charge is 0.389 e. The van der Waals surface area contributed by atoms with Gasteiger partial charge in [-0.05, 0) is 37.3 Å². The third-order valence-electron chi connectivity index (χ3n) is 3.31. The van der Waals surface area contributed by atoms with Crippen molar-refractivity contribution in [2.45, 2.75) is 32.2 Å². The monoisotopic (exact) mass is 268 g/mol. The third kappa shape index (κ3) is 2.90. The van der Waals surface area contributed by atoms with Gasteiger partial charge < -0.3 is 11.1 Å². The van der Waals surface area contributed by atoms with Gasteiger partial charge in [0.05, 0.1) is 10.6 Å². The Kier molecular flexibility index (Phi) is 3.89. The number of halogens is 1. The van der Waals surface area contributed by atoms with E-state index < -0.39 is 0 Å². The zero-order chi connectivity index (χ0) is 12.4.